The number of urea groups is 1. The second-order valence-corrected chi connectivity index (χ2v) is 8.18. The largest absolute Gasteiger partial charge is 0.354 e. The first-order valence-electron chi connectivity index (χ1n) is 10.5. The van der Waals surface area contributed by atoms with Gasteiger partial charge in [0.25, 0.3) is 0 Å². The van der Waals surface area contributed by atoms with Crippen molar-refractivity contribution in [3.05, 3.63) is 0 Å². The smallest absolute Gasteiger partial charge is 0.319 e. The first kappa shape index (κ1) is 21.5. The molecule has 1 saturated carbocycles. The number of hydrogen-bond donors (Lipinski definition) is 2. The van der Waals surface area contributed by atoms with Gasteiger partial charge in [0.05, 0.1) is 0 Å². The van der Waals surface area contributed by atoms with Crippen molar-refractivity contribution in [2.75, 3.05) is 33.7 Å². The highest BCUT2D eigenvalue weighted by atomic mass is 16.2. The van der Waals surface area contributed by atoms with E-state index >= 15 is 0 Å². The Bertz CT molecular complexity index is 521. The number of carbonyl (C=O) groups excluding carboxylic acids is 3. The summed E-state index contributed by atoms with van der Waals surface area (Å²) in [6.45, 7) is 3.94. The van der Waals surface area contributed by atoms with Crippen LogP contribution < -0.4 is 10.6 Å². The summed E-state index contributed by atoms with van der Waals surface area (Å²) in [5.41, 5.74) is -0.750. The van der Waals surface area contributed by atoms with Crippen molar-refractivity contribution >= 4 is 17.8 Å². The molecule has 0 radical (unpaired) electrons. The van der Waals surface area contributed by atoms with Gasteiger partial charge >= 0.3 is 6.03 Å². The average molecular weight is 381 g/mol. The summed E-state index contributed by atoms with van der Waals surface area (Å²) in [7, 11) is 3.48. The molecule has 2 N–H and O–H groups in total. The van der Waals surface area contributed by atoms with E-state index < -0.39 is 5.54 Å². The zero-order valence-electron chi connectivity index (χ0n) is 17.2. The third kappa shape index (κ3) is 5.59. The quantitative estimate of drug-likeness (QED) is 0.693. The van der Waals surface area contributed by atoms with E-state index in [-0.39, 0.29) is 23.8 Å². The van der Waals surface area contributed by atoms with Crippen molar-refractivity contribution in [2.45, 2.75) is 70.3 Å². The van der Waals surface area contributed by atoms with E-state index in [1.807, 2.05) is 0 Å². The number of likely N-dealkylation sites (tertiary alicyclic amines) is 1. The lowest BCUT2D eigenvalue weighted by Gasteiger charge is -2.39. The number of hydrogen-bond acceptors (Lipinski definition) is 3. The van der Waals surface area contributed by atoms with Gasteiger partial charge in [-0.3, -0.25) is 9.59 Å². The molecule has 1 aliphatic heterocycles. The van der Waals surface area contributed by atoms with Crippen LogP contribution in [0.15, 0.2) is 0 Å². The van der Waals surface area contributed by atoms with Gasteiger partial charge in [-0.2, -0.15) is 0 Å². The summed E-state index contributed by atoms with van der Waals surface area (Å²) in [6.07, 6.45) is 7.78. The van der Waals surface area contributed by atoms with Crippen LogP contribution in [-0.4, -0.2) is 66.9 Å². The Morgan fingerprint density at radius 3 is 2.26 bits per heavy atom. The highest BCUT2D eigenvalue weighted by Gasteiger charge is 2.42. The summed E-state index contributed by atoms with van der Waals surface area (Å²) < 4.78 is 0. The third-order valence-corrected chi connectivity index (χ3v) is 5.84. The fourth-order valence-electron chi connectivity index (χ4n) is 4.07. The zero-order valence-corrected chi connectivity index (χ0v) is 17.2. The summed E-state index contributed by atoms with van der Waals surface area (Å²) in [6, 6.07) is -0.00656. The van der Waals surface area contributed by atoms with E-state index in [2.05, 4.69) is 17.6 Å². The van der Waals surface area contributed by atoms with Crippen LogP contribution in [0.2, 0.25) is 0 Å². The van der Waals surface area contributed by atoms with Crippen molar-refractivity contribution < 1.29 is 14.4 Å². The summed E-state index contributed by atoms with van der Waals surface area (Å²) in [5.74, 6) is -0.179. The van der Waals surface area contributed by atoms with E-state index in [0.717, 1.165) is 32.1 Å². The highest BCUT2D eigenvalue weighted by Crippen LogP contribution is 2.30. The molecule has 154 valence electrons. The van der Waals surface area contributed by atoms with Gasteiger partial charge in [0.2, 0.25) is 11.8 Å². The van der Waals surface area contributed by atoms with Gasteiger partial charge in [0.1, 0.15) is 5.54 Å². The van der Waals surface area contributed by atoms with Gasteiger partial charge in [-0.15, -0.1) is 0 Å². The fourth-order valence-corrected chi connectivity index (χ4v) is 4.07. The summed E-state index contributed by atoms with van der Waals surface area (Å²) in [4.78, 5) is 41.2. The number of unbranched alkanes of at least 4 members (excludes halogenated alkanes) is 1. The second-order valence-electron chi connectivity index (χ2n) is 8.18. The molecule has 27 heavy (non-hydrogen) atoms. The maximum atomic E-state index is 12.9. The van der Waals surface area contributed by atoms with Crippen LogP contribution in [0.4, 0.5) is 4.79 Å². The number of nitrogens with one attached hydrogen (secondary N) is 2. The van der Waals surface area contributed by atoms with Crippen LogP contribution >= 0.6 is 0 Å². The van der Waals surface area contributed by atoms with Gasteiger partial charge in [-0.1, -0.05) is 32.6 Å². The van der Waals surface area contributed by atoms with E-state index in [4.69, 9.17) is 0 Å². The van der Waals surface area contributed by atoms with E-state index in [0.29, 0.717) is 45.3 Å². The molecule has 4 amide bonds. The number of carbonyl (C=O) groups is 3. The maximum absolute atomic E-state index is 12.9. The lowest BCUT2D eigenvalue weighted by molar-refractivity contribution is -0.137. The molecular formula is C20H36N4O3. The van der Waals surface area contributed by atoms with Crippen molar-refractivity contribution in [3.63, 3.8) is 0 Å². The first-order chi connectivity index (χ1) is 12.9. The molecule has 1 aliphatic carbocycles. The molecule has 0 aromatic heterocycles. The van der Waals surface area contributed by atoms with E-state index in [1.54, 1.807) is 23.9 Å². The Kier molecular flexibility index (Phi) is 7.92. The first-order valence-corrected chi connectivity index (χ1v) is 10.5. The van der Waals surface area contributed by atoms with Gasteiger partial charge < -0.3 is 20.4 Å². The van der Waals surface area contributed by atoms with Crippen molar-refractivity contribution in [2.24, 2.45) is 5.92 Å². The molecule has 1 saturated heterocycles. The van der Waals surface area contributed by atoms with E-state index in [1.165, 1.54) is 0 Å². The molecule has 2 rings (SSSR count). The number of amides is 4. The third-order valence-electron chi connectivity index (χ3n) is 5.84. The molecule has 7 nitrogen and oxygen atoms in total. The fraction of sp³-hybridized carbons (Fsp3) is 0.850. The minimum atomic E-state index is -0.750. The lowest BCUT2D eigenvalue weighted by Crippen LogP contribution is -2.61. The molecule has 7 heteroatoms. The molecule has 0 aromatic carbocycles. The SMILES string of the molecule is CCCCNC(=O)C1(NC(=O)C2CCN(C(=O)N(C)C)CC2)CCCCC1. The molecule has 2 fully saturated rings. The predicted molar refractivity (Wildman–Crippen MR) is 105 cm³/mol. The molecule has 0 atom stereocenters. The van der Waals surface area contributed by atoms with Crippen LogP contribution in [-0.2, 0) is 9.59 Å². The molecule has 0 spiro atoms. The van der Waals surface area contributed by atoms with Gasteiger partial charge in [0.15, 0.2) is 0 Å². The molecular weight excluding hydrogens is 344 g/mol. The summed E-state index contributed by atoms with van der Waals surface area (Å²) >= 11 is 0. The molecule has 0 bridgehead atoms. The van der Waals surface area contributed by atoms with Crippen LogP contribution in [0.5, 0.6) is 0 Å². The minimum absolute atomic E-state index is 0.00656. The minimum Gasteiger partial charge on any atom is -0.354 e. The normalized spacial score (nSPS) is 20.0. The van der Waals surface area contributed by atoms with Crippen molar-refractivity contribution in [3.8, 4) is 0 Å². The summed E-state index contributed by atoms with van der Waals surface area (Å²) in [5, 5.41) is 6.16. The van der Waals surface area contributed by atoms with E-state index in [9.17, 15) is 14.4 Å². The zero-order chi connectivity index (χ0) is 19.9. The standard InChI is InChI=1S/C20H36N4O3/c1-4-5-13-21-18(26)20(11-7-6-8-12-20)22-17(25)16-9-14-24(15-10-16)19(27)23(2)3/h16H,4-15H2,1-3H3,(H,21,26)(H,22,25). The maximum Gasteiger partial charge on any atom is 0.319 e. The average Bonchev–Trinajstić information content (AvgIpc) is 2.68. The monoisotopic (exact) mass is 380 g/mol. The Labute approximate surface area is 163 Å². The van der Waals surface area contributed by atoms with Gasteiger partial charge in [0, 0.05) is 39.6 Å². The lowest BCUT2D eigenvalue weighted by atomic mass is 9.80. The Balaban J connectivity index is 1.94. The number of rotatable bonds is 6. The predicted octanol–water partition coefficient (Wildman–Crippen LogP) is 2.12. The number of nitrogens with zero attached hydrogens (tertiary/aromatic N) is 2. The molecule has 1 heterocycles. The molecule has 0 unspecified atom stereocenters. The Morgan fingerprint density at radius 1 is 1.07 bits per heavy atom. The Hall–Kier alpha value is -1.79. The van der Waals surface area contributed by atoms with Gasteiger partial charge in [-0.25, -0.2) is 4.79 Å². The number of piperidine rings is 1. The van der Waals surface area contributed by atoms with Crippen LogP contribution in [0.3, 0.4) is 0 Å². The van der Waals surface area contributed by atoms with Crippen LogP contribution in [0, 0.1) is 5.92 Å². The topological polar surface area (TPSA) is 81.8 Å². The molecule has 2 aliphatic rings. The Morgan fingerprint density at radius 2 is 1.70 bits per heavy atom. The van der Waals surface area contributed by atoms with Crippen molar-refractivity contribution in [1.82, 2.24) is 20.4 Å². The second kappa shape index (κ2) is 9.95. The highest BCUT2D eigenvalue weighted by molar-refractivity contribution is 5.92. The van der Waals surface area contributed by atoms with Crippen LogP contribution in [0.1, 0.15) is 64.7 Å². The van der Waals surface area contributed by atoms with Crippen LogP contribution in [0.25, 0.3) is 0 Å². The van der Waals surface area contributed by atoms with Gasteiger partial charge in [-0.05, 0) is 32.1 Å². The molecule has 0 aromatic rings. The van der Waals surface area contributed by atoms with Crippen molar-refractivity contribution in [1.29, 1.82) is 0 Å².